The minimum atomic E-state index is 0.191. The van der Waals surface area contributed by atoms with Crippen LogP contribution >= 0.6 is 0 Å². The summed E-state index contributed by atoms with van der Waals surface area (Å²) in [5, 5.41) is 7.86. The Morgan fingerprint density at radius 1 is 1.37 bits per heavy atom. The van der Waals surface area contributed by atoms with Crippen molar-refractivity contribution in [1.29, 1.82) is 0 Å². The number of nitrogens with one attached hydrogen (secondary N) is 1. The van der Waals surface area contributed by atoms with Crippen LogP contribution in [0.5, 0.6) is 0 Å². The zero-order valence-electron chi connectivity index (χ0n) is 12.8. The second-order valence-corrected chi connectivity index (χ2v) is 6.94. The molecule has 0 aromatic carbocycles. The molecule has 0 amide bonds. The standard InChI is InChI=1S/C15H28N4/c1-15(2,3)17-10-13(12-7-5-6-8-12)9-14-16-11-18-19(14)4/h11-13,17H,5-10H2,1-4H3. The third-order valence-electron chi connectivity index (χ3n) is 4.21. The van der Waals surface area contributed by atoms with Gasteiger partial charge in [-0.15, -0.1) is 0 Å². The van der Waals surface area contributed by atoms with Crippen molar-refractivity contribution in [3.63, 3.8) is 0 Å². The van der Waals surface area contributed by atoms with Crippen molar-refractivity contribution in [3.8, 4) is 0 Å². The third-order valence-corrected chi connectivity index (χ3v) is 4.21. The van der Waals surface area contributed by atoms with Crippen LogP contribution in [-0.2, 0) is 13.5 Å². The first kappa shape index (κ1) is 14.5. The van der Waals surface area contributed by atoms with E-state index in [9.17, 15) is 0 Å². The number of aromatic nitrogens is 3. The fourth-order valence-electron chi connectivity index (χ4n) is 3.01. The highest BCUT2D eigenvalue weighted by Gasteiger charge is 2.27. The summed E-state index contributed by atoms with van der Waals surface area (Å²) in [5.74, 6) is 2.66. The number of nitrogens with zero attached hydrogens (tertiary/aromatic N) is 3. The van der Waals surface area contributed by atoms with Crippen LogP contribution in [0.1, 0.15) is 52.3 Å². The normalized spacial score (nSPS) is 18.9. The Morgan fingerprint density at radius 2 is 2.05 bits per heavy atom. The summed E-state index contributed by atoms with van der Waals surface area (Å²) < 4.78 is 1.92. The number of rotatable bonds is 5. The van der Waals surface area contributed by atoms with E-state index in [2.05, 4.69) is 36.2 Å². The molecule has 1 heterocycles. The minimum absolute atomic E-state index is 0.191. The van der Waals surface area contributed by atoms with Gasteiger partial charge in [-0.2, -0.15) is 5.10 Å². The molecule has 0 bridgehead atoms. The summed E-state index contributed by atoms with van der Waals surface area (Å²) in [4.78, 5) is 4.40. The summed E-state index contributed by atoms with van der Waals surface area (Å²) >= 11 is 0. The Balaban J connectivity index is 1.99. The number of hydrogen-bond donors (Lipinski definition) is 1. The summed E-state index contributed by atoms with van der Waals surface area (Å²) in [7, 11) is 1.99. The van der Waals surface area contributed by atoms with E-state index >= 15 is 0 Å². The Bertz CT molecular complexity index is 385. The molecule has 0 radical (unpaired) electrons. The molecule has 1 aliphatic rings. The van der Waals surface area contributed by atoms with Gasteiger partial charge >= 0.3 is 0 Å². The molecule has 1 N–H and O–H groups in total. The average Bonchev–Trinajstić information content (AvgIpc) is 2.95. The van der Waals surface area contributed by atoms with Gasteiger partial charge in [0.25, 0.3) is 0 Å². The van der Waals surface area contributed by atoms with E-state index in [1.165, 1.54) is 25.7 Å². The van der Waals surface area contributed by atoms with Gasteiger partial charge in [0.15, 0.2) is 0 Å². The molecule has 1 aliphatic carbocycles. The highest BCUT2D eigenvalue weighted by atomic mass is 15.3. The van der Waals surface area contributed by atoms with Crippen molar-refractivity contribution in [1.82, 2.24) is 20.1 Å². The molecule has 0 saturated heterocycles. The first-order valence-corrected chi connectivity index (χ1v) is 7.53. The van der Waals surface area contributed by atoms with E-state index in [-0.39, 0.29) is 5.54 Å². The first-order chi connectivity index (χ1) is 8.96. The van der Waals surface area contributed by atoms with E-state index in [1.54, 1.807) is 6.33 Å². The van der Waals surface area contributed by atoms with E-state index in [1.807, 2.05) is 11.7 Å². The van der Waals surface area contributed by atoms with Crippen molar-refractivity contribution < 1.29 is 0 Å². The second kappa shape index (κ2) is 6.04. The van der Waals surface area contributed by atoms with Gasteiger partial charge in [0, 0.05) is 19.0 Å². The lowest BCUT2D eigenvalue weighted by atomic mass is 9.87. The van der Waals surface area contributed by atoms with Crippen LogP contribution < -0.4 is 5.32 Å². The molecule has 4 nitrogen and oxygen atoms in total. The van der Waals surface area contributed by atoms with Gasteiger partial charge in [0.1, 0.15) is 12.2 Å². The molecule has 1 fully saturated rings. The molecular weight excluding hydrogens is 236 g/mol. The molecule has 1 saturated carbocycles. The van der Waals surface area contributed by atoms with Crippen LogP contribution in [-0.4, -0.2) is 26.8 Å². The van der Waals surface area contributed by atoms with E-state index < -0.39 is 0 Å². The maximum atomic E-state index is 4.40. The molecule has 108 valence electrons. The lowest BCUT2D eigenvalue weighted by molar-refractivity contribution is 0.281. The van der Waals surface area contributed by atoms with Crippen LogP contribution in [0, 0.1) is 11.8 Å². The lowest BCUT2D eigenvalue weighted by Crippen LogP contribution is -2.41. The van der Waals surface area contributed by atoms with E-state index in [0.29, 0.717) is 5.92 Å². The van der Waals surface area contributed by atoms with Crippen molar-refractivity contribution in [2.24, 2.45) is 18.9 Å². The van der Waals surface area contributed by atoms with Crippen LogP contribution in [0.4, 0.5) is 0 Å². The Labute approximate surface area is 117 Å². The number of aryl methyl sites for hydroxylation is 1. The molecule has 0 spiro atoms. The monoisotopic (exact) mass is 264 g/mol. The maximum absolute atomic E-state index is 4.40. The lowest BCUT2D eigenvalue weighted by Gasteiger charge is -2.28. The number of hydrogen-bond acceptors (Lipinski definition) is 3. The Hall–Kier alpha value is -0.900. The van der Waals surface area contributed by atoms with Gasteiger partial charge in [-0.25, -0.2) is 4.98 Å². The molecular formula is C15H28N4. The third kappa shape index (κ3) is 4.30. The van der Waals surface area contributed by atoms with Gasteiger partial charge in [-0.3, -0.25) is 4.68 Å². The fourth-order valence-corrected chi connectivity index (χ4v) is 3.01. The van der Waals surface area contributed by atoms with Gasteiger partial charge in [-0.1, -0.05) is 25.7 Å². The summed E-state index contributed by atoms with van der Waals surface area (Å²) in [6, 6.07) is 0. The molecule has 1 atom stereocenters. The van der Waals surface area contributed by atoms with E-state index in [4.69, 9.17) is 0 Å². The smallest absolute Gasteiger partial charge is 0.138 e. The predicted octanol–water partition coefficient (Wildman–Crippen LogP) is 2.55. The van der Waals surface area contributed by atoms with Crippen LogP contribution in [0.2, 0.25) is 0 Å². The zero-order chi connectivity index (χ0) is 13.9. The minimum Gasteiger partial charge on any atom is -0.312 e. The quantitative estimate of drug-likeness (QED) is 0.889. The van der Waals surface area contributed by atoms with Gasteiger partial charge in [0.2, 0.25) is 0 Å². The highest BCUT2D eigenvalue weighted by molar-refractivity contribution is 4.91. The van der Waals surface area contributed by atoms with Gasteiger partial charge < -0.3 is 5.32 Å². The maximum Gasteiger partial charge on any atom is 0.138 e. The summed E-state index contributed by atoms with van der Waals surface area (Å²) in [5.41, 5.74) is 0.191. The molecule has 2 rings (SSSR count). The predicted molar refractivity (Wildman–Crippen MR) is 77.9 cm³/mol. The van der Waals surface area contributed by atoms with Crippen molar-refractivity contribution >= 4 is 0 Å². The largest absolute Gasteiger partial charge is 0.312 e. The van der Waals surface area contributed by atoms with Crippen LogP contribution in [0.3, 0.4) is 0 Å². The van der Waals surface area contributed by atoms with Gasteiger partial charge in [-0.05, 0) is 39.2 Å². The topological polar surface area (TPSA) is 42.7 Å². The molecule has 1 aromatic rings. The van der Waals surface area contributed by atoms with Crippen LogP contribution in [0.15, 0.2) is 6.33 Å². The molecule has 1 aromatic heterocycles. The summed E-state index contributed by atoms with van der Waals surface area (Å²) in [6.07, 6.45) is 8.27. The summed E-state index contributed by atoms with van der Waals surface area (Å²) in [6.45, 7) is 7.80. The Kier molecular flexibility index (Phi) is 4.61. The Morgan fingerprint density at radius 3 is 2.58 bits per heavy atom. The van der Waals surface area contributed by atoms with Gasteiger partial charge in [0.05, 0.1) is 0 Å². The zero-order valence-corrected chi connectivity index (χ0v) is 12.8. The average molecular weight is 264 g/mol. The molecule has 4 heteroatoms. The second-order valence-electron chi connectivity index (χ2n) is 6.94. The van der Waals surface area contributed by atoms with Crippen molar-refractivity contribution in [2.45, 2.75) is 58.4 Å². The molecule has 0 aliphatic heterocycles. The highest BCUT2D eigenvalue weighted by Crippen LogP contribution is 2.33. The molecule has 1 unspecified atom stereocenters. The van der Waals surface area contributed by atoms with Crippen LogP contribution in [0.25, 0.3) is 0 Å². The van der Waals surface area contributed by atoms with Crippen molar-refractivity contribution in [3.05, 3.63) is 12.2 Å². The fraction of sp³-hybridized carbons (Fsp3) is 0.867. The molecule has 19 heavy (non-hydrogen) atoms. The SMILES string of the molecule is Cn1ncnc1CC(CNC(C)(C)C)C1CCCC1. The first-order valence-electron chi connectivity index (χ1n) is 7.53. The van der Waals surface area contributed by atoms with Crippen molar-refractivity contribution in [2.75, 3.05) is 6.54 Å². The van der Waals surface area contributed by atoms with E-state index in [0.717, 1.165) is 24.7 Å².